The number of hydrogen-bond acceptors (Lipinski definition) is 5. The normalized spacial score (nSPS) is 21.6. The maximum Gasteiger partial charge on any atom is 0.312 e. The van der Waals surface area contributed by atoms with Crippen LogP contribution in [0.1, 0.15) is 26.0 Å². The van der Waals surface area contributed by atoms with Crippen LogP contribution in [0.2, 0.25) is 0 Å². The van der Waals surface area contributed by atoms with E-state index in [9.17, 15) is 9.59 Å². The molecule has 23 heavy (non-hydrogen) atoms. The predicted molar refractivity (Wildman–Crippen MR) is 87.3 cm³/mol. The van der Waals surface area contributed by atoms with E-state index in [-0.39, 0.29) is 18.9 Å². The minimum atomic E-state index is -0.415. The number of ether oxygens (including phenoxy) is 1. The van der Waals surface area contributed by atoms with Crippen LogP contribution < -0.4 is 0 Å². The predicted octanol–water partition coefficient (Wildman–Crippen LogP) is 1.99. The number of carbonyl (C=O) groups is 2. The van der Waals surface area contributed by atoms with E-state index in [4.69, 9.17) is 4.74 Å². The molecule has 1 saturated heterocycles. The Morgan fingerprint density at radius 2 is 2.09 bits per heavy atom. The molecular weight excluding hydrogens is 314 g/mol. The maximum atomic E-state index is 12.2. The average Bonchev–Trinajstić information content (AvgIpc) is 3.04. The molecule has 1 aliphatic rings. The molecule has 3 heterocycles. The average molecular weight is 335 g/mol. The zero-order valence-corrected chi connectivity index (χ0v) is 14.2. The third kappa shape index (κ3) is 3.90. The van der Waals surface area contributed by atoms with Gasteiger partial charge in [-0.25, -0.2) is 4.98 Å². The lowest BCUT2D eigenvalue weighted by Gasteiger charge is -2.34. The number of likely N-dealkylation sites (tertiary alicyclic amines) is 1. The molecule has 2 aromatic rings. The molecule has 0 saturated carbocycles. The van der Waals surface area contributed by atoms with Gasteiger partial charge in [-0.3, -0.25) is 14.0 Å². The lowest BCUT2D eigenvalue weighted by atomic mass is 9.92. The van der Waals surface area contributed by atoms with Gasteiger partial charge in [-0.15, -0.1) is 11.3 Å². The quantitative estimate of drug-likeness (QED) is 0.802. The molecule has 1 amide bonds. The van der Waals surface area contributed by atoms with Crippen LogP contribution >= 0.6 is 11.3 Å². The Morgan fingerprint density at radius 3 is 2.78 bits per heavy atom. The molecule has 0 bridgehead atoms. The molecule has 0 aromatic carbocycles. The van der Waals surface area contributed by atoms with Gasteiger partial charge in [0.2, 0.25) is 0 Å². The highest BCUT2D eigenvalue weighted by molar-refractivity contribution is 7.15. The molecule has 0 unspecified atom stereocenters. The molecule has 3 rings (SSSR count). The van der Waals surface area contributed by atoms with E-state index in [1.165, 1.54) is 11.3 Å². The number of thiazole rings is 1. The minimum Gasteiger partial charge on any atom is -0.455 e. The number of rotatable bonds is 4. The number of fused-ring (bicyclic) bond motifs is 1. The monoisotopic (exact) mass is 335 g/mol. The van der Waals surface area contributed by atoms with Crippen molar-refractivity contribution >= 4 is 28.2 Å². The van der Waals surface area contributed by atoms with Gasteiger partial charge in [-0.1, -0.05) is 13.8 Å². The standard InChI is InChI=1S/C16H21N3O3S/c1-11-5-12(2)8-19(7-11)14(20)10-22-15(21)6-13-9-18-3-4-23-16(18)17-13/h3-4,9,11-12H,5-8,10H2,1-2H3/t11-,12-/m1/s1. The Labute approximate surface area is 139 Å². The summed E-state index contributed by atoms with van der Waals surface area (Å²) in [5.41, 5.74) is 0.662. The molecule has 0 N–H and O–H groups in total. The van der Waals surface area contributed by atoms with E-state index in [0.717, 1.165) is 24.5 Å². The first kappa shape index (κ1) is 16.0. The van der Waals surface area contributed by atoms with Gasteiger partial charge >= 0.3 is 5.97 Å². The molecular formula is C16H21N3O3S. The summed E-state index contributed by atoms with van der Waals surface area (Å²) in [6.07, 6.45) is 4.93. The molecule has 6 nitrogen and oxygen atoms in total. The fourth-order valence-electron chi connectivity index (χ4n) is 3.16. The third-order valence-electron chi connectivity index (χ3n) is 4.05. The molecule has 0 aliphatic carbocycles. The number of imidazole rings is 1. The number of hydrogen-bond donors (Lipinski definition) is 0. The summed E-state index contributed by atoms with van der Waals surface area (Å²) in [4.78, 5) is 31.1. The molecule has 7 heteroatoms. The van der Waals surface area contributed by atoms with Crippen LogP contribution in [0, 0.1) is 11.8 Å². The lowest BCUT2D eigenvalue weighted by Crippen LogP contribution is -2.44. The first-order chi connectivity index (χ1) is 11.0. The Morgan fingerprint density at radius 1 is 1.35 bits per heavy atom. The maximum absolute atomic E-state index is 12.2. The molecule has 0 radical (unpaired) electrons. The van der Waals surface area contributed by atoms with Crippen molar-refractivity contribution < 1.29 is 14.3 Å². The second-order valence-corrected chi connectivity index (χ2v) is 7.28. The largest absolute Gasteiger partial charge is 0.455 e. The highest BCUT2D eigenvalue weighted by Gasteiger charge is 2.26. The summed E-state index contributed by atoms with van der Waals surface area (Å²) in [5, 5.41) is 1.93. The van der Waals surface area contributed by atoms with Crippen molar-refractivity contribution in [2.45, 2.75) is 26.7 Å². The fraction of sp³-hybridized carbons (Fsp3) is 0.562. The highest BCUT2D eigenvalue weighted by atomic mass is 32.1. The number of amides is 1. The summed E-state index contributed by atoms with van der Waals surface area (Å²) in [6, 6.07) is 0. The first-order valence-corrected chi connectivity index (χ1v) is 8.73. The fourth-order valence-corrected chi connectivity index (χ4v) is 3.88. The van der Waals surface area contributed by atoms with Crippen molar-refractivity contribution in [3.8, 4) is 0 Å². The number of nitrogens with zero attached hydrogens (tertiary/aromatic N) is 3. The smallest absolute Gasteiger partial charge is 0.312 e. The van der Waals surface area contributed by atoms with Crippen molar-refractivity contribution in [2.75, 3.05) is 19.7 Å². The van der Waals surface area contributed by atoms with Crippen LogP contribution in [0.15, 0.2) is 17.8 Å². The van der Waals surface area contributed by atoms with E-state index in [2.05, 4.69) is 18.8 Å². The summed E-state index contributed by atoms with van der Waals surface area (Å²) in [5.74, 6) is 0.471. The number of aromatic nitrogens is 2. The van der Waals surface area contributed by atoms with E-state index < -0.39 is 5.97 Å². The Kier molecular flexibility index (Phi) is 4.66. The SMILES string of the molecule is C[C@@H]1C[C@@H](C)CN(C(=O)COC(=O)Cc2cn3ccsc3n2)C1. The summed E-state index contributed by atoms with van der Waals surface area (Å²) in [6.45, 7) is 5.61. The first-order valence-electron chi connectivity index (χ1n) is 7.85. The van der Waals surface area contributed by atoms with Crippen LogP contribution in [0.3, 0.4) is 0 Å². The Balaban J connectivity index is 1.48. The van der Waals surface area contributed by atoms with Crippen LogP contribution in [0.25, 0.3) is 4.96 Å². The molecule has 1 fully saturated rings. The van der Waals surface area contributed by atoms with Crippen molar-refractivity contribution in [2.24, 2.45) is 11.8 Å². The van der Waals surface area contributed by atoms with Crippen molar-refractivity contribution in [1.29, 1.82) is 0 Å². The Hall–Kier alpha value is -1.89. The van der Waals surface area contributed by atoms with Gasteiger partial charge < -0.3 is 9.64 Å². The van der Waals surface area contributed by atoms with Gasteiger partial charge in [0.25, 0.3) is 5.91 Å². The lowest BCUT2D eigenvalue weighted by molar-refractivity contribution is -0.152. The number of piperidine rings is 1. The van der Waals surface area contributed by atoms with Gasteiger partial charge in [0, 0.05) is 30.9 Å². The van der Waals surface area contributed by atoms with E-state index in [1.54, 1.807) is 4.90 Å². The molecule has 0 spiro atoms. The Bertz CT molecular complexity index is 670. The molecule has 1 aliphatic heterocycles. The third-order valence-corrected chi connectivity index (χ3v) is 4.82. The minimum absolute atomic E-state index is 0.0918. The van der Waals surface area contributed by atoms with Crippen LogP contribution in [-0.2, 0) is 20.7 Å². The van der Waals surface area contributed by atoms with E-state index in [0.29, 0.717) is 17.5 Å². The van der Waals surface area contributed by atoms with E-state index >= 15 is 0 Å². The summed E-state index contributed by atoms with van der Waals surface area (Å²) in [7, 11) is 0. The number of esters is 1. The van der Waals surface area contributed by atoms with Crippen LogP contribution in [-0.4, -0.2) is 45.9 Å². The zero-order chi connectivity index (χ0) is 16.4. The van der Waals surface area contributed by atoms with Gasteiger partial charge in [0.15, 0.2) is 11.6 Å². The second kappa shape index (κ2) is 6.70. The van der Waals surface area contributed by atoms with Gasteiger partial charge in [0.05, 0.1) is 12.1 Å². The summed E-state index contributed by atoms with van der Waals surface area (Å²) >= 11 is 1.51. The van der Waals surface area contributed by atoms with Crippen molar-refractivity contribution in [1.82, 2.24) is 14.3 Å². The molecule has 2 aromatic heterocycles. The van der Waals surface area contributed by atoms with Gasteiger partial charge in [0.1, 0.15) is 0 Å². The van der Waals surface area contributed by atoms with E-state index in [1.807, 2.05) is 22.2 Å². The van der Waals surface area contributed by atoms with Crippen LogP contribution in [0.5, 0.6) is 0 Å². The van der Waals surface area contributed by atoms with Gasteiger partial charge in [-0.05, 0) is 18.3 Å². The second-order valence-electron chi connectivity index (χ2n) is 6.41. The molecule has 124 valence electrons. The summed E-state index contributed by atoms with van der Waals surface area (Å²) < 4.78 is 7.00. The topological polar surface area (TPSA) is 63.9 Å². The van der Waals surface area contributed by atoms with Gasteiger partial charge in [-0.2, -0.15) is 0 Å². The zero-order valence-electron chi connectivity index (χ0n) is 13.4. The van der Waals surface area contributed by atoms with Crippen molar-refractivity contribution in [3.63, 3.8) is 0 Å². The molecule has 2 atom stereocenters. The van der Waals surface area contributed by atoms with Crippen LogP contribution in [0.4, 0.5) is 0 Å². The highest BCUT2D eigenvalue weighted by Crippen LogP contribution is 2.21. The van der Waals surface area contributed by atoms with Crippen molar-refractivity contribution in [3.05, 3.63) is 23.5 Å². The number of carbonyl (C=O) groups excluding carboxylic acids is 2.